The van der Waals surface area contributed by atoms with Crippen molar-refractivity contribution in [2.75, 3.05) is 0 Å². The quantitative estimate of drug-likeness (QED) is 0.354. The molecule has 4 heteroatoms. The zero-order valence-corrected chi connectivity index (χ0v) is 6.23. The van der Waals surface area contributed by atoms with Crippen LogP contribution in [0.1, 0.15) is 19.8 Å². The second kappa shape index (κ2) is 2.11. The van der Waals surface area contributed by atoms with Crippen LogP contribution in [0.4, 0.5) is 0 Å². The van der Waals surface area contributed by atoms with Gasteiger partial charge in [0.1, 0.15) is 7.85 Å². The Kier molecular flexibility index (Phi) is 1.54. The Labute approximate surface area is 60.6 Å². The van der Waals surface area contributed by atoms with Crippen LogP contribution >= 0.6 is 0 Å². The molecule has 1 aliphatic heterocycles. The van der Waals surface area contributed by atoms with Crippen molar-refractivity contribution in [3.05, 3.63) is 0 Å². The van der Waals surface area contributed by atoms with Gasteiger partial charge in [-0.1, -0.05) is 6.92 Å². The van der Waals surface area contributed by atoms with Gasteiger partial charge >= 0.3 is 0 Å². The van der Waals surface area contributed by atoms with E-state index in [9.17, 15) is 9.59 Å². The Hall–Kier alpha value is -0.795. The lowest BCUT2D eigenvalue weighted by atomic mass is 9.64. The minimum absolute atomic E-state index is 0.139. The van der Waals surface area contributed by atoms with Gasteiger partial charge in [0.15, 0.2) is 0 Å². The van der Waals surface area contributed by atoms with E-state index in [0.29, 0.717) is 12.8 Å². The van der Waals surface area contributed by atoms with Crippen LogP contribution in [-0.2, 0) is 9.59 Å². The molecule has 0 aliphatic carbocycles. The molecule has 1 fully saturated rings. The smallest absolute Gasteiger partial charge is 0.226 e. The van der Waals surface area contributed by atoms with Crippen molar-refractivity contribution < 1.29 is 9.59 Å². The molecule has 0 aromatic heterocycles. The molecule has 0 aromatic carbocycles. The summed E-state index contributed by atoms with van der Waals surface area (Å²) in [6.45, 7) is 1.92. The van der Waals surface area contributed by atoms with E-state index in [4.69, 9.17) is 0 Å². The minimum Gasteiger partial charge on any atom is -0.296 e. The highest BCUT2D eigenvalue weighted by Gasteiger charge is 2.30. The normalized spacial score (nSPS) is 24.1. The Morgan fingerprint density at radius 3 is 2.10 bits per heavy atom. The lowest BCUT2D eigenvalue weighted by molar-refractivity contribution is -0.134. The van der Waals surface area contributed by atoms with Gasteiger partial charge in [0.25, 0.3) is 0 Å². The van der Waals surface area contributed by atoms with Crippen LogP contribution in [-0.4, -0.2) is 19.7 Å². The van der Waals surface area contributed by atoms with Crippen molar-refractivity contribution in [2.45, 2.75) is 25.1 Å². The summed E-state index contributed by atoms with van der Waals surface area (Å²) in [5.41, 5.74) is 0. The number of imide groups is 1. The lowest BCUT2D eigenvalue weighted by Crippen LogP contribution is -2.40. The van der Waals surface area contributed by atoms with Crippen LogP contribution < -0.4 is 5.32 Å². The maximum absolute atomic E-state index is 10.8. The van der Waals surface area contributed by atoms with Gasteiger partial charge in [-0.05, 0) is 5.31 Å². The predicted molar refractivity (Wildman–Crippen MR) is 39.3 cm³/mol. The van der Waals surface area contributed by atoms with E-state index in [1.54, 1.807) is 0 Å². The van der Waals surface area contributed by atoms with E-state index in [-0.39, 0.29) is 17.1 Å². The first-order chi connectivity index (χ1) is 4.49. The highest BCUT2D eigenvalue weighted by Crippen LogP contribution is 2.31. The molecule has 0 spiro atoms. The van der Waals surface area contributed by atoms with Crippen LogP contribution in [0.2, 0.25) is 5.31 Å². The van der Waals surface area contributed by atoms with E-state index < -0.39 is 0 Å². The van der Waals surface area contributed by atoms with Crippen molar-refractivity contribution in [1.82, 2.24) is 5.32 Å². The SMILES string of the molecule is BC1(C)CC(=O)NC(=O)C1. The zero-order valence-electron chi connectivity index (χ0n) is 6.23. The van der Waals surface area contributed by atoms with Crippen LogP contribution in [0, 0.1) is 0 Å². The summed E-state index contributed by atoms with van der Waals surface area (Å²) in [6.07, 6.45) is 0.914. The summed E-state index contributed by atoms with van der Waals surface area (Å²) in [7, 11) is 1.92. The summed E-state index contributed by atoms with van der Waals surface area (Å²) in [5, 5.41) is 2.12. The van der Waals surface area contributed by atoms with Gasteiger partial charge in [-0.25, -0.2) is 0 Å². The third-order valence-corrected chi connectivity index (χ3v) is 1.56. The van der Waals surface area contributed by atoms with Crippen LogP contribution in [0.15, 0.2) is 0 Å². The Balaban J connectivity index is 2.68. The first-order valence-electron chi connectivity index (χ1n) is 3.32. The Bertz CT molecular complexity index is 170. The number of carbonyl (C=O) groups excluding carboxylic acids is 2. The van der Waals surface area contributed by atoms with Gasteiger partial charge in [0.05, 0.1) is 0 Å². The fraction of sp³-hybridized carbons (Fsp3) is 0.667. The monoisotopic (exact) mass is 139 g/mol. The van der Waals surface area contributed by atoms with E-state index in [1.165, 1.54) is 0 Å². The Morgan fingerprint density at radius 2 is 1.80 bits per heavy atom. The molecule has 1 aliphatic rings. The van der Waals surface area contributed by atoms with Crippen LogP contribution in [0.25, 0.3) is 0 Å². The molecular weight excluding hydrogens is 129 g/mol. The number of nitrogens with one attached hydrogen (secondary N) is 1. The van der Waals surface area contributed by atoms with Crippen molar-refractivity contribution in [2.24, 2.45) is 0 Å². The topological polar surface area (TPSA) is 46.2 Å². The lowest BCUT2D eigenvalue weighted by Gasteiger charge is -2.27. The van der Waals surface area contributed by atoms with Crippen LogP contribution in [0.3, 0.4) is 0 Å². The molecule has 2 amide bonds. The molecule has 0 bridgehead atoms. The molecule has 3 nitrogen and oxygen atoms in total. The third-order valence-electron chi connectivity index (χ3n) is 1.56. The van der Waals surface area contributed by atoms with E-state index in [1.807, 2.05) is 14.8 Å². The van der Waals surface area contributed by atoms with Gasteiger partial charge < -0.3 is 0 Å². The van der Waals surface area contributed by atoms with Crippen molar-refractivity contribution in [1.29, 1.82) is 0 Å². The summed E-state index contributed by atoms with van der Waals surface area (Å²) >= 11 is 0. The summed E-state index contributed by atoms with van der Waals surface area (Å²) in [5.74, 6) is -0.303. The molecule has 1 rings (SSSR count). The second-order valence-corrected chi connectivity index (χ2v) is 3.49. The third kappa shape index (κ3) is 1.59. The number of piperidine rings is 1. The number of rotatable bonds is 0. The highest BCUT2D eigenvalue weighted by atomic mass is 16.2. The van der Waals surface area contributed by atoms with Gasteiger partial charge in [0, 0.05) is 12.8 Å². The molecular formula is C6H10BNO2. The molecule has 1 saturated heterocycles. The first kappa shape index (κ1) is 7.31. The second-order valence-electron chi connectivity index (χ2n) is 3.49. The van der Waals surface area contributed by atoms with Gasteiger partial charge in [-0.3, -0.25) is 14.9 Å². The Morgan fingerprint density at radius 1 is 1.40 bits per heavy atom. The fourth-order valence-corrected chi connectivity index (χ4v) is 1.18. The number of carbonyl (C=O) groups is 2. The van der Waals surface area contributed by atoms with Gasteiger partial charge in [0.2, 0.25) is 11.8 Å². The predicted octanol–water partition coefficient (Wildman–Crippen LogP) is -0.765. The van der Waals surface area contributed by atoms with E-state index in [0.717, 1.165) is 0 Å². The highest BCUT2D eigenvalue weighted by molar-refractivity contribution is 6.20. The summed E-state index contributed by atoms with van der Waals surface area (Å²) in [6, 6.07) is 0. The van der Waals surface area contributed by atoms with Gasteiger partial charge in [-0.2, -0.15) is 0 Å². The number of hydrogen-bond acceptors (Lipinski definition) is 2. The standard InChI is InChI=1S/C6H10BNO2/c1-6(7)2-4(9)8-5(10)3-6/h2-3,7H2,1H3,(H,8,9,10). The average molecular weight is 139 g/mol. The largest absolute Gasteiger partial charge is 0.296 e. The summed E-state index contributed by atoms with van der Waals surface area (Å²) in [4.78, 5) is 21.5. The van der Waals surface area contributed by atoms with Crippen molar-refractivity contribution in [3.63, 3.8) is 0 Å². The van der Waals surface area contributed by atoms with Crippen molar-refractivity contribution in [3.8, 4) is 0 Å². The molecule has 10 heavy (non-hydrogen) atoms. The average Bonchev–Trinajstić information content (AvgIpc) is 1.54. The van der Waals surface area contributed by atoms with E-state index >= 15 is 0 Å². The zero-order chi connectivity index (χ0) is 7.78. The molecule has 54 valence electrons. The molecule has 0 unspecified atom stereocenters. The van der Waals surface area contributed by atoms with Crippen LogP contribution in [0.5, 0.6) is 0 Å². The maximum atomic E-state index is 10.8. The van der Waals surface area contributed by atoms with E-state index in [2.05, 4.69) is 5.32 Å². The fourth-order valence-electron chi connectivity index (χ4n) is 1.18. The maximum Gasteiger partial charge on any atom is 0.226 e. The van der Waals surface area contributed by atoms with Gasteiger partial charge in [-0.15, -0.1) is 0 Å². The number of hydrogen-bond donors (Lipinski definition) is 1. The molecule has 0 aromatic rings. The molecule has 0 radical (unpaired) electrons. The van der Waals surface area contributed by atoms with Crippen molar-refractivity contribution >= 4 is 19.7 Å². The minimum atomic E-state index is -0.152. The first-order valence-corrected chi connectivity index (χ1v) is 3.32. The molecule has 1 heterocycles. The summed E-state index contributed by atoms with van der Waals surface area (Å²) < 4.78 is 0. The molecule has 0 atom stereocenters. The molecule has 0 saturated carbocycles. The number of amides is 2. The molecule has 1 N–H and O–H groups in total.